The highest BCUT2D eigenvalue weighted by molar-refractivity contribution is 5.82. The highest BCUT2D eigenvalue weighted by Crippen LogP contribution is 2.28. The summed E-state index contributed by atoms with van der Waals surface area (Å²) in [6, 6.07) is 12.3. The molecule has 1 aromatic carbocycles. The Hall–Kier alpha value is -2.84. The minimum Gasteiger partial charge on any atom is -0.381 e. The molecule has 1 unspecified atom stereocenters. The van der Waals surface area contributed by atoms with Gasteiger partial charge in [-0.2, -0.15) is 5.10 Å². The molecule has 4 heterocycles. The van der Waals surface area contributed by atoms with Crippen molar-refractivity contribution in [2.45, 2.75) is 31.6 Å². The summed E-state index contributed by atoms with van der Waals surface area (Å²) in [4.78, 5) is 4.91. The minimum absolute atomic E-state index is 0.275. The second kappa shape index (κ2) is 6.11. The molecule has 0 bridgehead atoms. The summed E-state index contributed by atoms with van der Waals surface area (Å²) in [5.41, 5.74) is 13.8. The molecule has 3 aromatic rings. The molecule has 5 rings (SSSR count). The lowest BCUT2D eigenvalue weighted by molar-refractivity contribution is 0.0861. The number of H-pyrrole nitrogens is 1. The van der Waals surface area contributed by atoms with Crippen LogP contribution in [-0.4, -0.2) is 34.1 Å². The van der Waals surface area contributed by atoms with Crippen molar-refractivity contribution >= 4 is 16.7 Å². The predicted molar refractivity (Wildman–Crippen MR) is 104 cm³/mol. The minimum atomic E-state index is -0.924. The third-order valence-corrected chi connectivity index (χ3v) is 5.29. The molecule has 27 heavy (non-hydrogen) atoms. The molecule has 2 aromatic heterocycles. The van der Waals surface area contributed by atoms with E-state index in [0.717, 1.165) is 59.5 Å². The van der Waals surface area contributed by atoms with Gasteiger partial charge in [-0.25, -0.2) is 4.68 Å². The average molecular weight is 365 g/mol. The Morgan fingerprint density at radius 1 is 1.26 bits per heavy atom. The van der Waals surface area contributed by atoms with E-state index in [1.165, 1.54) is 0 Å². The number of hydrogen-bond acceptors (Lipinski definition) is 6. The van der Waals surface area contributed by atoms with Crippen molar-refractivity contribution in [3.8, 4) is 0 Å². The molecule has 0 aliphatic carbocycles. The number of benzene rings is 1. The molecule has 1 atom stereocenters. The zero-order valence-electron chi connectivity index (χ0n) is 15.2. The van der Waals surface area contributed by atoms with Gasteiger partial charge in [0.25, 0.3) is 0 Å². The smallest absolute Gasteiger partial charge is 0.204 e. The highest BCUT2D eigenvalue weighted by atomic mass is 16.5. The number of nitrogens with zero attached hydrogens (tertiary/aromatic N) is 3. The fourth-order valence-corrected chi connectivity index (χ4v) is 3.74. The van der Waals surface area contributed by atoms with Crippen molar-refractivity contribution in [1.29, 1.82) is 0 Å². The first-order valence-electron chi connectivity index (χ1n) is 9.26. The Kier molecular flexibility index (Phi) is 3.70. The largest absolute Gasteiger partial charge is 0.381 e. The maximum Gasteiger partial charge on any atom is 0.204 e. The van der Waals surface area contributed by atoms with Gasteiger partial charge >= 0.3 is 0 Å². The van der Waals surface area contributed by atoms with E-state index in [2.05, 4.69) is 27.0 Å². The summed E-state index contributed by atoms with van der Waals surface area (Å²) in [6.07, 6.45) is 1.89. The van der Waals surface area contributed by atoms with Crippen molar-refractivity contribution < 1.29 is 4.74 Å². The normalized spacial score (nSPS) is 23.3. The van der Waals surface area contributed by atoms with E-state index in [0.29, 0.717) is 0 Å². The second-order valence-corrected chi connectivity index (χ2v) is 7.20. The predicted octanol–water partition coefficient (Wildman–Crippen LogP) is 1.49. The summed E-state index contributed by atoms with van der Waals surface area (Å²) in [5, 5.41) is 11.8. The van der Waals surface area contributed by atoms with Gasteiger partial charge in [-0.3, -0.25) is 21.3 Å². The maximum atomic E-state index is 6.71. The molecule has 8 heteroatoms. The van der Waals surface area contributed by atoms with Crippen LogP contribution in [0.5, 0.6) is 0 Å². The van der Waals surface area contributed by atoms with E-state index < -0.39 is 5.79 Å². The van der Waals surface area contributed by atoms with Crippen LogP contribution in [0.25, 0.3) is 10.9 Å². The Morgan fingerprint density at radius 3 is 2.96 bits per heavy atom. The monoisotopic (exact) mass is 365 g/mol. The van der Waals surface area contributed by atoms with E-state index in [4.69, 9.17) is 15.5 Å². The number of anilines is 1. The van der Waals surface area contributed by atoms with Crippen LogP contribution in [0.2, 0.25) is 0 Å². The lowest BCUT2D eigenvalue weighted by Crippen LogP contribution is -2.50. The average Bonchev–Trinajstić information content (AvgIpc) is 3.23. The van der Waals surface area contributed by atoms with Crippen LogP contribution in [0.3, 0.4) is 0 Å². The number of nitrogens with one attached hydrogen (secondary N) is 3. The van der Waals surface area contributed by atoms with E-state index >= 15 is 0 Å². The third-order valence-electron chi connectivity index (χ3n) is 5.29. The van der Waals surface area contributed by atoms with Crippen LogP contribution < -0.4 is 22.0 Å². The molecule has 8 nitrogen and oxygen atoms in total. The summed E-state index contributed by atoms with van der Waals surface area (Å²) < 4.78 is 7.37. The molecule has 140 valence electrons. The fourth-order valence-electron chi connectivity index (χ4n) is 3.74. The van der Waals surface area contributed by atoms with Crippen LogP contribution in [0.4, 0.5) is 5.82 Å². The first kappa shape index (κ1) is 16.3. The molecule has 2 aliphatic rings. The van der Waals surface area contributed by atoms with Gasteiger partial charge in [0.15, 0.2) is 0 Å². The lowest BCUT2D eigenvalue weighted by atomic mass is 10.1. The van der Waals surface area contributed by atoms with E-state index in [-0.39, 0.29) is 6.04 Å². The number of aromatic nitrogens is 3. The quantitative estimate of drug-likeness (QED) is 0.551. The molecule has 2 aliphatic heterocycles. The van der Waals surface area contributed by atoms with Crippen LogP contribution >= 0.6 is 0 Å². The zero-order valence-corrected chi connectivity index (χ0v) is 15.2. The van der Waals surface area contributed by atoms with Crippen molar-refractivity contribution in [1.82, 2.24) is 14.9 Å². The highest BCUT2D eigenvalue weighted by Gasteiger charge is 2.34. The number of rotatable bonds is 2. The fraction of sp³-hybridized carbons (Fsp3) is 0.368. The number of aryl methyl sites for hydroxylation is 1. The molecule has 1 saturated heterocycles. The molecular weight excluding hydrogens is 342 g/mol. The molecule has 1 fully saturated rings. The lowest BCUT2D eigenvalue weighted by Gasteiger charge is -2.25. The maximum absolute atomic E-state index is 6.71. The molecule has 0 spiro atoms. The first-order chi connectivity index (χ1) is 13.1. The van der Waals surface area contributed by atoms with E-state index in [1.807, 2.05) is 41.9 Å². The van der Waals surface area contributed by atoms with E-state index in [1.54, 1.807) is 0 Å². The van der Waals surface area contributed by atoms with Gasteiger partial charge in [-0.15, -0.1) is 0 Å². The van der Waals surface area contributed by atoms with Gasteiger partial charge in [0, 0.05) is 29.9 Å². The second-order valence-electron chi connectivity index (χ2n) is 7.20. The molecule has 0 saturated carbocycles. The molecular formula is C19H23N7O. The number of hydrogen-bond donors (Lipinski definition) is 4. The van der Waals surface area contributed by atoms with Crippen LogP contribution in [0, 0.1) is 6.92 Å². The SMILES string of the molecule is Cc1[nH]nc2ccc(C3(N)Nc4cccc(=NC5CCOCC5)n4N3)cc12. The third kappa shape index (κ3) is 2.77. The van der Waals surface area contributed by atoms with Gasteiger partial charge in [-0.05, 0) is 44.0 Å². The summed E-state index contributed by atoms with van der Waals surface area (Å²) in [5.74, 6) is -0.0403. The van der Waals surface area contributed by atoms with Gasteiger partial charge < -0.3 is 10.1 Å². The number of pyridine rings is 1. The first-order valence-corrected chi connectivity index (χ1v) is 9.26. The van der Waals surface area contributed by atoms with Crippen molar-refractivity contribution in [3.05, 3.63) is 53.1 Å². The van der Waals surface area contributed by atoms with Crippen molar-refractivity contribution in [2.24, 2.45) is 10.7 Å². The van der Waals surface area contributed by atoms with Gasteiger partial charge in [-0.1, -0.05) is 12.1 Å². The van der Waals surface area contributed by atoms with Crippen LogP contribution in [-0.2, 0) is 10.5 Å². The summed E-state index contributed by atoms with van der Waals surface area (Å²) in [6.45, 7) is 3.54. The Bertz CT molecular complexity index is 1060. The zero-order chi connectivity index (χ0) is 18.4. The van der Waals surface area contributed by atoms with Crippen LogP contribution in [0.1, 0.15) is 24.1 Å². The van der Waals surface area contributed by atoms with Gasteiger partial charge in [0.2, 0.25) is 5.79 Å². The van der Waals surface area contributed by atoms with Gasteiger partial charge in [0.1, 0.15) is 11.3 Å². The standard InChI is InChI=1S/C19H23N7O/c1-12-15-11-13(5-6-16(15)24-23-12)19(20)22-18-4-2-3-17(26(18)25-19)21-14-7-9-27-10-8-14/h2-6,11,14,22,25H,7-10,20H2,1H3,(H,23,24). The van der Waals surface area contributed by atoms with Crippen LogP contribution in [0.15, 0.2) is 41.4 Å². The Balaban J connectivity index is 1.52. The number of fused-ring (bicyclic) bond motifs is 2. The number of aromatic amines is 1. The summed E-state index contributed by atoms with van der Waals surface area (Å²) >= 11 is 0. The molecule has 5 N–H and O–H groups in total. The van der Waals surface area contributed by atoms with E-state index in [9.17, 15) is 0 Å². The Labute approximate surface area is 156 Å². The van der Waals surface area contributed by atoms with Crippen molar-refractivity contribution in [3.63, 3.8) is 0 Å². The van der Waals surface area contributed by atoms with Crippen molar-refractivity contribution in [2.75, 3.05) is 24.0 Å². The van der Waals surface area contributed by atoms with Gasteiger partial charge in [0.05, 0.1) is 11.6 Å². The topological polar surface area (TPSA) is 105 Å². The summed E-state index contributed by atoms with van der Waals surface area (Å²) in [7, 11) is 0. The Morgan fingerprint density at radius 2 is 2.11 bits per heavy atom. The molecule has 0 radical (unpaired) electrons. The molecule has 0 amide bonds. The number of nitrogens with two attached hydrogens (primary N) is 1. The number of ether oxygens (including phenoxy) is 1.